The molecule has 5 nitrogen and oxygen atoms in total. The van der Waals surface area contributed by atoms with Crippen molar-refractivity contribution < 1.29 is 10.0 Å². The molecule has 0 radical (unpaired) electrons. The summed E-state index contributed by atoms with van der Waals surface area (Å²) in [5.74, 6) is 0.631. The lowest BCUT2D eigenvalue weighted by Crippen LogP contribution is -2.36. The van der Waals surface area contributed by atoms with Gasteiger partial charge in [-0.1, -0.05) is 0 Å². The summed E-state index contributed by atoms with van der Waals surface area (Å²) in [5, 5.41) is 23.8. The normalized spacial score (nSPS) is 14.0. The summed E-state index contributed by atoms with van der Waals surface area (Å²) in [4.78, 5) is 10.3. The van der Waals surface area contributed by atoms with Crippen LogP contribution in [0.25, 0.3) is 0 Å². The van der Waals surface area contributed by atoms with Crippen LogP contribution in [0.15, 0.2) is 18.2 Å². The van der Waals surface area contributed by atoms with Crippen LogP contribution in [0.4, 0.5) is 11.4 Å². The Bertz CT molecular complexity index is 435. The Morgan fingerprint density at radius 2 is 2.22 bits per heavy atom. The third-order valence-corrected chi connectivity index (χ3v) is 3.43. The summed E-state index contributed by atoms with van der Waals surface area (Å²) in [7, 11) is 0. The van der Waals surface area contributed by atoms with Crippen molar-refractivity contribution in [2.75, 3.05) is 23.9 Å². The summed E-state index contributed by atoms with van der Waals surface area (Å²) in [6.07, 6.45) is 1.94. The van der Waals surface area contributed by atoms with E-state index in [1.54, 1.807) is 37.7 Å². The number of nitrogens with one attached hydrogen (secondary N) is 1. The van der Waals surface area contributed by atoms with E-state index >= 15 is 0 Å². The Hall–Kier alpha value is -1.27. The van der Waals surface area contributed by atoms with Gasteiger partial charge in [-0.15, -0.1) is 0 Å². The van der Waals surface area contributed by atoms with Gasteiger partial charge < -0.3 is 10.4 Å². The molecule has 18 heavy (non-hydrogen) atoms. The summed E-state index contributed by atoms with van der Waals surface area (Å²) >= 11 is 1.57. The van der Waals surface area contributed by atoms with Crippen molar-refractivity contribution in [2.24, 2.45) is 0 Å². The number of nitro groups is 1. The zero-order valence-electron chi connectivity index (χ0n) is 10.8. The molecule has 0 aliphatic heterocycles. The molecule has 1 unspecified atom stereocenters. The smallest absolute Gasteiger partial charge is 0.272 e. The lowest BCUT2D eigenvalue weighted by Gasteiger charge is -2.23. The van der Waals surface area contributed by atoms with Crippen LogP contribution >= 0.6 is 11.8 Å². The van der Waals surface area contributed by atoms with Crippen molar-refractivity contribution in [1.29, 1.82) is 0 Å². The monoisotopic (exact) mass is 270 g/mol. The number of nitro benzene ring substituents is 1. The van der Waals surface area contributed by atoms with Gasteiger partial charge in [0.25, 0.3) is 5.69 Å². The molecule has 0 fully saturated rings. The van der Waals surface area contributed by atoms with Gasteiger partial charge in [-0.3, -0.25) is 10.1 Å². The molecule has 1 aromatic rings. The Balaban J connectivity index is 2.70. The van der Waals surface area contributed by atoms with E-state index in [9.17, 15) is 15.2 Å². The van der Waals surface area contributed by atoms with E-state index in [2.05, 4.69) is 5.32 Å². The minimum absolute atomic E-state index is 0.108. The fourth-order valence-corrected chi connectivity index (χ4v) is 2.35. The predicted molar refractivity (Wildman–Crippen MR) is 75.3 cm³/mol. The first-order chi connectivity index (χ1) is 8.35. The van der Waals surface area contributed by atoms with Crippen LogP contribution in [0.3, 0.4) is 0 Å². The van der Waals surface area contributed by atoms with Gasteiger partial charge in [0, 0.05) is 29.6 Å². The van der Waals surface area contributed by atoms with Crippen LogP contribution < -0.4 is 5.32 Å². The number of anilines is 1. The molecule has 6 heteroatoms. The van der Waals surface area contributed by atoms with Crippen LogP contribution in [0.5, 0.6) is 0 Å². The molecule has 0 aliphatic rings. The lowest BCUT2D eigenvalue weighted by molar-refractivity contribution is -0.385. The van der Waals surface area contributed by atoms with Gasteiger partial charge in [0.05, 0.1) is 10.5 Å². The van der Waals surface area contributed by atoms with Crippen molar-refractivity contribution >= 4 is 23.1 Å². The molecule has 1 aromatic carbocycles. The molecule has 100 valence electrons. The van der Waals surface area contributed by atoms with Crippen LogP contribution in [-0.2, 0) is 0 Å². The van der Waals surface area contributed by atoms with Crippen LogP contribution in [-0.4, -0.2) is 34.2 Å². The largest absolute Gasteiger partial charge is 0.387 e. The minimum atomic E-state index is -0.797. The third kappa shape index (κ3) is 4.19. The van der Waals surface area contributed by atoms with Crippen molar-refractivity contribution in [3.8, 4) is 0 Å². The maximum absolute atomic E-state index is 10.7. The number of rotatable bonds is 6. The van der Waals surface area contributed by atoms with E-state index in [0.717, 1.165) is 5.69 Å². The number of aliphatic hydroxyl groups is 1. The quantitative estimate of drug-likeness (QED) is 0.613. The first-order valence-corrected chi connectivity index (χ1v) is 6.95. The SMILES string of the molecule is CSCC(C)(O)CNc1ccc([N+](=O)[O-])c(C)c1. The summed E-state index contributed by atoms with van der Waals surface area (Å²) in [5.41, 5.74) is 0.695. The molecule has 1 rings (SSSR count). The van der Waals surface area contributed by atoms with Crippen LogP contribution in [0, 0.1) is 17.0 Å². The molecule has 0 aliphatic carbocycles. The average molecular weight is 270 g/mol. The maximum Gasteiger partial charge on any atom is 0.272 e. The molecule has 0 saturated carbocycles. The highest BCUT2D eigenvalue weighted by Gasteiger charge is 2.19. The third-order valence-electron chi connectivity index (χ3n) is 2.52. The highest BCUT2D eigenvalue weighted by atomic mass is 32.2. The van der Waals surface area contributed by atoms with Gasteiger partial charge in [-0.05, 0) is 32.2 Å². The van der Waals surface area contributed by atoms with E-state index in [1.165, 1.54) is 6.07 Å². The van der Waals surface area contributed by atoms with Crippen molar-refractivity contribution in [2.45, 2.75) is 19.4 Å². The van der Waals surface area contributed by atoms with Gasteiger partial charge in [-0.25, -0.2) is 0 Å². The number of benzene rings is 1. The van der Waals surface area contributed by atoms with E-state index in [-0.39, 0.29) is 5.69 Å². The molecule has 0 heterocycles. The van der Waals surface area contributed by atoms with Gasteiger partial charge in [0.2, 0.25) is 0 Å². The molecular formula is C12H18N2O3S. The first-order valence-electron chi connectivity index (χ1n) is 5.56. The van der Waals surface area contributed by atoms with Gasteiger partial charge in [0.1, 0.15) is 0 Å². The Labute approximate surface area is 111 Å². The standard InChI is InChI=1S/C12H18N2O3S/c1-9-6-10(4-5-11(9)14(16)17)13-7-12(2,15)8-18-3/h4-6,13,15H,7-8H2,1-3H3. The average Bonchev–Trinajstić information content (AvgIpc) is 2.26. The molecule has 2 N–H and O–H groups in total. The van der Waals surface area contributed by atoms with E-state index in [1.807, 2.05) is 6.26 Å². The second-order valence-corrected chi connectivity index (χ2v) is 5.41. The highest BCUT2D eigenvalue weighted by molar-refractivity contribution is 7.98. The zero-order valence-corrected chi connectivity index (χ0v) is 11.6. The molecule has 1 atom stereocenters. The van der Waals surface area contributed by atoms with Crippen molar-refractivity contribution in [3.63, 3.8) is 0 Å². The van der Waals surface area contributed by atoms with E-state index < -0.39 is 10.5 Å². The van der Waals surface area contributed by atoms with Crippen LogP contribution in [0.1, 0.15) is 12.5 Å². The Morgan fingerprint density at radius 1 is 1.56 bits per heavy atom. The Morgan fingerprint density at radius 3 is 2.72 bits per heavy atom. The molecular weight excluding hydrogens is 252 g/mol. The zero-order chi connectivity index (χ0) is 13.8. The number of hydrogen-bond donors (Lipinski definition) is 2. The summed E-state index contributed by atoms with van der Waals surface area (Å²) < 4.78 is 0. The van der Waals surface area contributed by atoms with Crippen LogP contribution in [0.2, 0.25) is 0 Å². The number of thioether (sulfide) groups is 1. The van der Waals surface area contributed by atoms with Gasteiger partial charge >= 0.3 is 0 Å². The minimum Gasteiger partial charge on any atom is -0.387 e. The number of nitrogens with zero attached hydrogens (tertiary/aromatic N) is 1. The second-order valence-electron chi connectivity index (χ2n) is 4.54. The maximum atomic E-state index is 10.7. The topological polar surface area (TPSA) is 75.4 Å². The van der Waals surface area contributed by atoms with Crippen molar-refractivity contribution in [1.82, 2.24) is 0 Å². The van der Waals surface area contributed by atoms with Gasteiger partial charge in [-0.2, -0.15) is 11.8 Å². The predicted octanol–water partition coefficient (Wildman–Crippen LogP) is 2.43. The summed E-state index contributed by atoms with van der Waals surface area (Å²) in [6, 6.07) is 4.84. The molecule has 0 amide bonds. The summed E-state index contributed by atoms with van der Waals surface area (Å²) in [6.45, 7) is 3.86. The van der Waals surface area contributed by atoms with Gasteiger partial charge in [0.15, 0.2) is 0 Å². The van der Waals surface area contributed by atoms with E-state index in [4.69, 9.17) is 0 Å². The molecule has 0 bridgehead atoms. The fourth-order valence-electron chi connectivity index (χ4n) is 1.62. The van der Waals surface area contributed by atoms with E-state index in [0.29, 0.717) is 17.9 Å². The Kier molecular flexibility index (Phi) is 4.98. The first kappa shape index (κ1) is 14.8. The number of aryl methyl sites for hydroxylation is 1. The molecule has 0 aromatic heterocycles. The molecule has 0 saturated heterocycles. The number of hydrogen-bond acceptors (Lipinski definition) is 5. The fraction of sp³-hybridized carbons (Fsp3) is 0.500. The second kappa shape index (κ2) is 6.06. The molecule has 0 spiro atoms. The highest BCUT2D eigenvalue weighted by Crippen LogP contribution is 2.22. The lowest BCUT2D eigenvalue weighted by atomic mass is 10.1. The van der Waals surface area contributed by atoms with Crippen molar-refractivity contribution in [3.05, 3.63) is 33.9 Å².